The van der Waals surface area contributed by atoms with Crippen molar-refractivity contribution in [2.24, 2.45) is 0 Å². The van der Waals surface area contributed by atoms with Gasteiger partial charge in [-0.25, -0.2) is 0 Å². The van der Waals surface area contributed by atoms with Crippen LogP contribution in [0.2, 0.25) is 10.0 Å². The van der Waals surface area contributed by atoms with Gasteiger partial charge in [0, 0.05) is 11.5 Å². The molecule has 0 fully saturated rings. The van der Waals surface area contributed by atoms with Gasteiger partial charge in [0.1, 0.15) is 0 Å². The van der Waals surface area contributed by atoms with E-state index in [-0.39, 0.29) is 11.5 Å². The molecule has 0 aliphatic carbocycles. The Kier molecular flexibility index (Phi) is 4.74. The molecule has 1 unspecified atom stereocenters. The number of benzene rings is 2. The number of likely N-dealkylation sites (N-methyl/N-ethyl adjacent to an activating group) is 1. The maximum Gasteiger partial charge on any atom is 0.0595 e. The van der Waals surface area contributed by atoms with Crippen LogP contribution in [0.3, 0.4) is 0 Å². The highest BCUT2D eigenvalue weighted by Crippen LogP contribution is 2.38. The second-order valence-corrected chi connectivity index (χ2v) is 6.30. The number of nitrogens with one attached hydrogen (secondary N) is 1. The van der Waals surface area contributed by atoms with Gasteiger partial charge in [0.05, 0.1) is 10.0 Å². The van der Waals surface area contributed by atoms with E-state index >= 15 is 0 Å². The van der Waals surface area contributed by atoms with Gasteiger partial charge in [0.25, 0.3) is 0 Å². The average molecular weight is 308 g/mol. The maximum absolute atomic E-state index is 6.15. The van der Waals surface area contributed by atoms with Gasteiger partial charge in [-0.1, -0.05) is 73.4 Å². The molecule has 0 amide bonds. The number of halogens is 2. The molecule has 0 saturated carbocycles. The van der Waals surface area contributed by atoms with Gasteiger partial charge in [0.2, 0.25) is 0 Å². The first-order valence-electron chi connectivity index (χ1n) is 6.64. The van der Waals surface area contributed by atoms with Crippen LogP contribution < -0.4 is 5.32 Å². The minimum absolute atomic E-state index is 0.0623. The molecule has 0 saturated heterocycles. The van der Waals surface area contributed by atoms with Crippen LogP contribution in [0.1, 0.15) is 31.0 Å². The van der Waals surface area contributed by atoms with E-state index < -0.39 is 0 Å². The Labute approximate surface area is 130 Å². The molecule has 1 atom stereocenters. The highest BCUT2D eigenvalue weighted by Gasteiger charge is 2.31. The smallest absolute Gasteiger partial charge is 0.0595 e. The minimum Gasteiger partial charge on any atom is -0.312 e. The quantitative estimate of drug-likeness (QED) is 0.815. The fourth-order valence-corrected chi connectivity index (χ4v) is 2.98. The third kappa shape index (κ3) is 3.01. The topological polar surface area (TPSA) is 12.0 Å². The summed E-state index contributed by atoms with van der Waals surface area (Å²) in [7, 11) is 1.97. The van der Waals surface area contributed by atoms with Gasteiger partial charge >= 0.3 is 0 Å². The molecule has 2 aromatic carbocycles. The summed E-state index contributed by atoms with van der Waals surface area (Å²) in [5, 5.41) is 4.58. The van der Waals surface area contributed by atoms with Gasteiger partial charge < -0.3 is 5.32 Å². The van der Waals surface area contributed by atoms with Crippen molar-refractivity contribution in [1.29, 1.82) is 0 Å². The maximum atomic E-state index is 6.15. The summed E-state index contributed by atoms with van der Waals surface area (Å²) in [5.41, 5.74) is 2.36. The van der Waals surface area contributed by atoms with Crippen molar-refractivity contribution in [3.8, 4) is 0 Å². The van der Waals surface area contributed by atoms with E-state index in [1.165, 1.54) is 5.56 Å². The second kappa shape index (κ2) is 6.17. The number of hydrogen-bond donors (Lipinski definition) is 1. The monoisotopic (exact) mass is 307 g/mol. The predicted octanol–water partition coefficient (Wildman–Crippen LogP) is 5.23. The Hall–Kier alpha value is -1.02. The lowest BCUT2D eigenvalue weighted by molar-refractivity contribution is 0.368. The molecular formula is C17H19Cl2N. The first-order chi connectivity index (χ1) is 9.46. The molecule has 106 valence electrons. The lowest BCUT2D eigenvalue weighted by Crippen LogP contribution is -2.35. The second-order valence-electron chi connectivity index (χ2n) is 5.48. The van der Waals surface area contributed by atoms with Crippen LogP contribution in [-0.4, -0.2) is 7.05 Å². The Bertz CT molecular complexity index is 579. The van der Waals surface area contributed by atoms with Crippen LogP contribution in [0.25, 0.3) is 0 Å². The molecule has 1 N–H and O–H groups in total. The summed E-state index contributed by atoms with van der Waals surface area (Å²) < 4.78 is 0. The lowest BCUT2D eigenvalue weighted by atomic mass is 9.75. The molecule has 2 aromatic rings. The summed E-state index contributed by atoms with van der Waals surface area (Å²) >= 11 is 12.2. The Balaban J connectivity index is 2.43. The van der Waals surface area contributed by atoms with E-state index in [0.717, 1.165) is 5.56 Å². The molecule has 0 aliphatic heterocycles. The van der Waals surface area contributed by atoms with E-state index in [0.29, 0.717) is 10.0 Å². The van der Waals surface area contributed by atoms with Crippen LogP contribution >= 0.6 is 23.2 Å². The summed E-state index contributed by atoms with van der Waals surface area (Å²) in [5.74, 6) is 0. The largest absolute Gasteiger partial charge is 0.312 e. The minimum atomic E-state index is -0.0623. The third-order valence-corrected chi connectivity index (χ3v) is 4.54. The fraction of sp³-hybridized carbons (Fsp3) is 0.294. The van der Waals surface area contributed by atoms with Gasteiger partial charge in [0.15, 0.2) is 0 Å². The molecule has 0 aromatic heterocycles. The van der Waals surface area contributed by atoms with Crippen molar-refractivity contribution >= 4 is 23.2 Å². The molecule has 20 heavy (non-hydrogen) atoms. The van der Waals surface area contributed by atoms with E-state index in [9.17, 15) is 0 Å². The van der Waals surface area contributed by atoms with Crippen LogP contribution in [0, 0.1) is 0 Å². The zero-order valence-corrected chi connectivity index (χ0v) is 13.5. The van der Waals surface area contributed by atoms with Crippen molar-refractivity contribution in [3.05, 3.63) is 69.7 Å². The van der Waals surface area contributed by atoms with E-state index in [2.05, 4.69) is 43.4 Å². The third-order valence-electron chi connectivity index (χ3n) is 3.81. The predicted molar refractivity (Wildman–Crippen MR) is 87.7 cm³/mol. The Morgan fingerprint density at radius 2 is 1.60 bits per heavy atom. The summed E-state index contributed by atoms with van der Waals surface area (Å²) in [6, 6.07) is 16.5. The highest BCUT2D eigenvalue weighted by molar-refractivity contribution is 6.42. The van der Waals surface area contributed by atoms with E-state index in [4.69, 9.17) is 23.2 Å². The molecule has 0 heterocycles. The van der Waals surface area contributed by atoms with Crippen molar-refractivity contribution < 1.29 is 0 Å². The van der Waals surface area contributed by atoms with Crippen molar-refractivity contribution in [1.82, 2.24) is 5.32 Å². The molecular weight excluding hydrogens is 289 g/mol. The fourth-order valence-electron chi connectivity index (χ4n) is 2.67. The van der Waals surface area contributed by atoms with E-state index in [1.807, 2.05) is 31.3 Å². The summed E-state index contributed by atoms with van der Waals surface area (Å²) in [6.45, 7) is 4.46. The zero-order chi connectivity index (χ0) is 14.8. The molecule has 1 nitrogen and oxygen atoms in total. The number of rotatable bonds is 4. The standard InChI is InChI=1S/C17H19Cl2N/c1-17(2,13-7-5-4-6-8-13)16(20-3)12-9-10-14(18)15(19)11-12/h4-11,16,20H,1-3H3. The van der Waals surface area contributed by atoms with Crippen LogP contribution in [-0.2, 0) is 5.41 Å². The van der Waals surface area contributed by atoms with Crippen LogP contribution in [0.15, 0.2) is 48.5 Å². The van der Waals surface area contributed by atoms with Crippen molar-refractivity contribution in [2.45, 2.75) is 25.3 Å². The number of hydrogen-bond acceptors (Lipinski definition) is 1. The van der Waals surface area contributed by atoms with Gasteiger partial charge in [-0.05, 0) is 30.3 Å². The Morgan fingerprint density at radius 3 is 2.15 bits per heavy atom. The lowest BCUT2D eigenvalue weighted by Gasteiger charge is -2.35. The summed E-state index contributed by atoms with van der Waals surface area (Å²) in [4.78, 5) is 0. The molecule has 0 radical (unpaired) electrons. The first kappa shape index (κ1) is 15.4. The summed E-state index contributed by atoms with van der Waals surface area (Å²) in [6.07, 6.45) is 0. The highest BCUT2D eigenvalue weighted by atomic mass is 35.5. The van der Waals surface area contributed by atoms with Gasteiger partial charge in [-0.3, -0.25) is 0 Å². The molecule has 0 spiro atoms. The van der Waals surface area contributed by atoms with E-state index in [1.54, 1.807) is 0 Å². The Morgan fingerprint density at radius 1 is 0.950 bits per heavy atom. The van der Waals surface area contributed by atoms with Crippen molar-refractivity contribution in [3.63, 3.8) is 0 Å². The molecule has 0 aliphatic rings. The van der Waals surface area contributed by atoms with Gasteiger partial charge in [-0.15, -0.1) is 0 Å². The van der Waals surface area contributed by atoms with Crippen LogP contribution in [0.4, 0.5) is 0 Å². The van der Waals surface area contributed by atoms with Crippen molar-refractivity contribution in [2.75, 3.05) is 7.05 Å². The zero-order valence-electron chi connectivity index (χ0n) is 12.0. The normalized spacial score (nSPS) is 13.2. The molecule has 3 heteroatoms. The molecule has 0 bridgehead atoms. The van der Waals surface area contributed by atoms with Crippen LogP contribution in [0.5, 0.6) is 0 Å². The average Bonchev–Trinajstić information content (AvgIpc) is 2.44. The first-order valence-corrected chi connectivity index (χ1v) is 7.40. The molecule has 2 rings (SSSR count). The SMILES string of the molecule is CNC(c1ccc(Cl)c(Cl)c1)C(C)(C)c1ccccc1. The van der Waals surface area contributed by atoms with Gasteiger partial charge in [-0.2, -0.15) is 0 Å².